The van der Waals surface area contributed by atoms with Crippen LogP contribution in [0.3, 0.4) is 0 Å². The van der Waals surface area contributed by atoms with Gasteiger partial charge in [0, 0.05) is 32.6 Å². The first-order valence-electron chi connectivity index (χ1n) is 4.81. The lowest BCUT2D eigenvalue weighted by atomic mass is 10.2. The molecule has 0 radical (unpaired) electrons. The van der Waals surface area contributed by atoms with Gasteiger partial charge in [-0.25, -0.2) is 0 Å². The van der Waals surface area contributed by atoms with E-state index in [1.807, 2.05) is 7.05 Å². The van der Waals surface area contributed by atoms with Gasteiger partial charge in [-0.1, -0.05) is 0 Å². The van der Waals surface area contributed by atoms with E-state index in [-0.39, 0.29) is 5.91 Å². The number of terminal acetylenes is 1. The van der Waals surface area contributed by atoms with Gasteiger partial charge in [0.05, 0.1) is 6.04 Å². The summed E-state index contributed by atoms with van der Waals surface area (Å²) in [5.41, 5.74) is 5.65. The van der Waals surface area contributed by atoms with Crippen LogP contribution in [0.15, 0.2) is 0 Å². The first-order chi connectivity index (χ1) is 6.65. The molecule has 1 atom stereocenters. The third-order valence-electron chi connectivity index (χ3n) is 2.47. The fourth-order valence-electron chi connectivity index (χ4n) is 1.48. The normalized spacial score (nSPS) is 20.2. The van der Waals surface area contributed by atoms with Crippen molar-refractivity contribution in [3.8, 4) is 12.3 Å². The first-order valence-corrected chi connectivity index (χ1v) is 4.81. The summed E-state index contributed by atoms with van der Waals surface area (Å²) >= 11 is 0. The molecule has 1 amide bonds. The highest BCUT2D eigenvalue weighted by Gasteiger charge is 2.23. The van der Waals surface area contributed by atoms with Gasteiger partial charge in [0.2, 0.25) is 5.91 Å². The van der Waals surface area contributed by atoms with Crippen LogP contribution in [0, 0.1) is 12.3 Å². The summed E-state index contributed by atoms with van der Waals surface area (Å²) in [5.74, 6) is 2.40. The van der Waals surface area contributed by atoms with Crippen molar-refractivity contribution in [2.24, 2.45) is 5.73 Å². The van der Waals surface area contributed by atoms with Crippen LogP contribution in [0.25, 0.3) is 0 Å². The quantitative estimate of drug-likeness (QED) is 0.582. The molecule has 1 unspecified atom stereocenters. The van der Waals surface area contributed by atoms with Crippen LogP contribution in [0.1, 0.15) is 6.42 Å². The Kier molecular flexibility index (Phi) is 3.93. The number of rotatable bonds is 2. The van der Waals surface area contributed by atoms with Crippen molar-refractivity contribution in [3.63, 3.8) is 0 Å². The number of carbonyl (C=O) groups excluding carboxylic acids is 1. The number of hydrogen-bond donors (Lipinski definition) is 1. The van der Waals surface area contributed by atoms with Crippen molar-refractivity contribution in [2.75, 3.05) is 33.2 Å². The fraction of sp³-hybridized carbons (Fsp3) is 0.700. The van der Waals surface area contributed by atoms with Crippen LogP contribution in [-0.4, -0.2) is 55.0 Å². The molecule has 0 bridgehead atoms. The maximum atomic E-state index is 11.7. The van der Waals surface area contributed by atoms with E-state index in [4.69, 9.17) is 12.2 Å². The number of amides is 1. The van der Waals surface area contributed by atoms with Crippen LogP contribution in [0.4, 0.5) is 0 Å². The Balaban J connectivity index is 2.42. The third kappa shape index (κ3) is 2.72. The van der Waals surface area contributed by atoms with Gasteiger partial charge in [-0.15, -0.1) is 12.3 Å². The number of carbonyl (C=O) groups is 1. The molecule has 78 valence electrons. The number of nitrogens with two attached hydrogens (primary N) is 1. The molecule has 4 nitrogen and oxygen atoms in total. The zero-order valence-electron chi connectivity index (χ0n) is 8.57. The summed E-state index contributed by atoms with van der Waals surface area (Å²) in [6.07, 6.45) is 5.43. The standard InChI is InChI=1S/C10H17N3O/c1-3-4-9(11)10(14)13-7-5-12(2)6-8-13/h1,9H,4-8,11H2,2H3. The van der Waals surface area contributed by atoms with Gasteiger partial charge in [0.1, 0.15) is 0 Å². The van der Waals surface area contributed by atoms with E-state index in [9.17, 15) is 4.79 Å². The highest BCUT2D eigenvalue weighted by atomic mass is 16.2. The van der Waals surface area contributed by atoms with E-state index in [2.05, 4.69) is 10.8 Å². The lowest BCUT2D eigenvalue weighted by molar-refractivity contribution is -0.134. The zero-order valence-corrected chi connectivity index (χ0v) is 8.57. The number of hydrogen-bond acceptors (Lipinski definition) is 3. The number of piperazine rings is 1. The monoisotopic (exact) mass is 195 g/mol. The molecule has 0 spiro atoms. The Morgan fingerprint density at radius 2 is 2.07 bits per heavy atom. The summed E-state index contributed by atoms with van der Waals surface area (Å²) in [5, 5.41) is 0. The van der Waals surface area contributed by atoms with Gasteiger partial charge in [0.25, 0.3) is 0 Å². The van der Waals surface area contributed by atoms with Crippen molar-refractivity contribution in [2.45, 2.75) is 12.5 Å². The maximum Gasteiger partial charge on any atom is 0.240 e. The molecule has 0 saturated carbocycles. The van der Waals surface area contributed by atoms with E-state index >= 15 is 0 Å². The summed E-state index contributed by atoms with van der Waals surface area (Å²) in [7, 11) is 2.04. The Morgan fingerprint density at radius 1 is 1.50 bits per heavy atom. The lowest BCUT2D eigenvalue weighted by Crippen LogP contribution is -2.52. The Bertz CT molecular complexity index is 238. The van der Waals surface area contributed by atoms with Crippen LogP contribution in [0.2, 0.25) is 0 Å². The van der Waals surface area contributed by atoms with E-state index in [0.29, 0.717) is 6.42 Å². The molecule has 2 N–H and O–H groups in total. The van der Waals surface area contributed by atoms with Gasteiger partial charge in [0.15, 0.2) is 0 Å². The van der Waals surface area contributed by atoms with Crippen molar-refractivity contribution in [1.29, 1.82) is 0 Å². The Labute approximate surface area is 85.0 Å². The van der Waals surface area contributed by atoms with Crippen molar-refractivity contribution in [3.05, 3.63) is 0 Å². The highest BCUT2D eigenvalue weighted by molar-refractivity contribution is 5.82. The summed E-state index contributed by atoms with van der Waals surface area (Å²) in [6, 6.07) is -0.525. The second-order valence-electron chi connectivity index (χ2n) is 3.64. The van der Waals surface area contributed by atoms with Gasteiger partial charge >= 0.3 is 0 Å². The van der Waals surface area contributed by atoms with Crippen LogP contribution in [-0.2, 0) is 4.79 Å². The summed E-state index contributed by atoms with van der Waals surface area (Å²) in [6.45, 7) is 3.34. The molecule has 1 saturated heterocycles. The molecule has 1 heterocycles. The molecule has 4 heteroatoms. The Morgan fingerprint density at radius 3 is 2.57 bits per heavy atom. The summed E-state index contributed by atoms with van der Waals surface area (Å²) < 4.78 is 0. The largest absolute Gasteiger partial charge is 0.339 e. The smallest absolute Gasteiger partial charge is 0.240 e. The molecular formula is C10H17N3O. The van der Waals surface area contributed by atoms with E-state index in [1.54, 1.807) is 4.90 Å². The van der Waals surface area contributed by atoms with Crippen molar-refractivity contribution in [1.82, 2.24) is 9.80 Å². The van der Waals surface area contributed by atoms with Crippen molar-refractivity contribution >= 4 is 5.91 Å². The molecule has 1 aliphatic heterocycles. The van der Waals surface area contributed by atoms with Crippen LogP contribution >= 0.6 is 0 Å². The van der Waals surface area contributed by atoms with E-state index < -0.39 is 6.04 Å². The SMILES string of the molecule is C#CCC(N)C(=O)N1CCN(C)CC1. The predicted molar refractivity (Wildman–Crippen MR) is 55.5 cm³/mol. The number of nitrogens with zero attached hydrogens (tertiary/aromatic N) is 2. The van der Waals surface area contributed by atoms with E-state index in [0.717, 1.165) is 26.2 Å². The van der Waals surface area contributed by atoms with Gasteiger partial charge in [-0.05, 0) is 7.05 Å². The molecular weight excluding hydrogens is 178 g/mol. The minimum atomic E-state index is -0.525. The average Bonchev–Trinajstić information content (AvgIpc) is 2.18. The minimum absolute atomic E-state index is 0.0175. The maximum absolute atomic E-state index is 11.7. The zero-order chi connectivity index (χ0) is 10.6. The number of likely N-dealkylation sites (N-methyl/N-ethyl adjacent to an activating group) is 1. The van der Waals surface area contributed by atoms with Crippen molar-refractivity contribution < 1.29 is 4.79 Å². The molecule has 1 aliphatic rings. The average molecular weight is 195 g/mol. The van der Waals surface area contributed by atoms with Gasteiger partial charge in [-0.3, -0.25) is 4.79 Å². The first kappa shape index (κ1) is 11.0. The second kappa shape index (κ2) is 4.99. The molecule has 14 heavy (non-hydrogen) atoms. The molecule has 0 aliphatic carbocycles. The molecule has 1 rings (SSSR count). The predicted octanol–water partition coefficient (Wildman–Crippen LogP) is -0.889. The highest BCUT2D eigenvalue weighted by Crippen LogP contribution is 2.02. The molecule has 0 aromatic rings. The minimum Gasteiger partial charge on any atom is -0.339 e. The molecule has 1 fully saturated rings. The molecule has 0 aromatic heterocycles. The van der Waals surface area contributed by atoms with Gasteiger partial charge < -0.3 is 15.5 Å². The Hall–Kier alpha value is -1.05. The lowest BCUT2D eigenvalue weighted by Gasteiger charge is -2.33. The summed E-state index contributed by atoms with van der Waals surface area (Å²) in [4.78, 5) is 15.7. The molecule has 0 aromatic carbocycles. The second-order valence-corrected chi connectivity index (χ2v) is 3.64. The van der Waals surface area contributed by atoms with Gasteiger partial charge in [-0.2, -0.15) is 0 Å². The fourth-order valence-corrected chi connectivity index (χ4v) is 1.48. The van der Waals surface area contributed by atoms with Crippen LogP contribution in [0.5, 0.6) is 0 Å². The third-order valence-corrected chi connectivity index (χ3v) is 2.47. The van der Waals surface area contributed by atoms with Crippen LogP contribution < -0.4 is 5.73 Å². The van der Waals surface area contributed by atoms with E-state index in [1.165, 1.54) is 0 Å². The topological polar surface area (TPSA) is 49.6 Å².